The Labute approximate surface area is 116 Å². The van der Waals surface area contributed by atoms with E-state index >= 15 is 0 Å². The molecule has 1 heteroatoms. The Morgan fingerprint density at radius 1 is 0.789 bits per heavy atom. The van der Waals surface area contributed by atoms with Crippen LogP contribution >= 0.6 is 0 Å². The Hall–Kier alpha value is -1.63. The van der Waals surface area contributed by atoms with Crippen LogP contribution in [0, 0.1) is 26.6 Å². The second-order valence-corrected chi connectivity index (χ2v) is 5.32. The monoisotopic (exact) mass is 258 g/mol. The molecule has 0 amide bonds. The van der Waals surface area contributed by atoms with E-state index in [1.54, 1.807) is 13.0 Å². The zero-order valence-corrected chi connectivity index (χ0v) is 12.5. The topological polar surface area (TPSA) is 0 Å². The molecule has 19 heavy (non-hydrogen) atoms. The molecule has 2 rings (SSSR count). The third-order valence-corrected chi connectivity index (χ3v) is 3.07. The standard InChI is InChI=1S/C10H14.C8H9F/c1-8(2)10-6-4-9(3)5-7-10;1-6-3-4-7(2)8(9)5-6/h4-8H,1-3H3;3-5H,1-2H3. The van der Waals surface area contributed by atoms with Gasteiger partial charge in [0, 0.05) is 0 Å². The van der Waals surface area contributed by atoms with Crippen LogP contribution in [0.4, 0.5) is 4.39 Å². The Kier molecular flexibility index (Phi) is 5.75. The molecule has 0 saturated heterocycles. The fourth-order valence-corrected chi connectivity index (χ4v) is 1.65. The van der Waals surface area contributed by atoms with Gasteiger partial charge in [0.25, 0.3) is 0 Å². The molecule has 2 aromatic carbocycles. The first-order valence-electron chi connectivity index (χ1n) is 6.69. The molecule has 0 unspecified atom stereocenters. The summed E-state index contributed by atoms with van der Waals surface area (Å²) in [6.45, 7) is 10.2. The predicted octanol–water partition coefficient (Wildman–Crippen LogP) is 5.56. The average molecular weight is 258 g/mol. The van der Waals surface area contributed by atoms with Gasteiger partial charge in [-0.2, -0.15) is 0 Å². The van der Waals surface area contributed by atoms with Crippen LogP contribution in [0.15, 0.2) is 42.5 Å². The van der Waals surface area contributed by atoms with Crippen molar-refractivity contribution in [3.8, 4) is 0 Å². The van der Waals surface area contributed by atoms with Gasteiger partial charge in [-0.15, -0.1) is 0 Å². The lowest BCUT2D eigenvalue weighted by molar-refractivity contribution is 0.617. The largest absolute Gasteiger partial charge is 0.207 e. The maximum absolute atomic E-state index is 12.6. The zero-order chi connectivity index (χ0) is 14.4. The van der Waals surface area contributed by atoms with Crippen molar-refractivity contribution in [2.45, 2.75) is 40.5 Å². The molecule has 0 saturated carbocycles. The van der Waals surface area contributed by atoms with Crippen molar-refractivity contribution in [3.05, 3.63) is 70.5 Å². The first kappa shape index (κ1) is 15.4. The number of benzene rings is 2. The predicted molar refractivity (Wildman–Crippen MR) is 81.1 cm³/mol. The van der Waals surface area contributed by atoms with Crippen molar-refractivity contribution in [2.24, 2.45) is 0 Å². The number of rotatable bonds is 1. The molecule has 0 aliphatic carbocycles. The molecule has 0 bridgehead atoms. The molecule has 2 aromatic rings. The lowest BCUT2D eigenvalue weighted by Gasteiger charge is -2.03. The van der Waals surface area contributed by atoms with E-state index in [-0.39, 0.29) is 5.82 Å². The second kappa shape index (κ2) is 7.08. The summed E-state index contributed by atoms with van der Waals surface area (Å²) in [6.07, 6.45) is 0. The number of hydrogen-bond acceptors (Lipinski definition) is 0. The molecule has 0 nitrogen and oxygen atoms in total. The van der Waals surface area contributed by atoms with E-state index in [0.29, 0.717) is 11.5 Å². The van der Waals surface area contributed by atoms with Gasteiger partial charge in [-0.05, 0) is 49.4 Å². The molecular formula is C18H23F. The van der Waals surface area contributed by atoms with Crippen LogP contribution in [0.5, 0.6) is 0 Å². The smallest absolute Gasteiger partial charge is 0.126 e. The molecule has 0 spiro atoms. The minimum Gasteiger partial charge on any atom is -0.207 e. The summed E-state index contributed by atoms with van der Waals surface area (Å²) in [4.78, 5) is 0. The Bertz CT molecular complexity index is 510. The molecule has 0 fully saturated rings. The Balaban J connectivity index is 0.000000191. The maximum atomic E-state index is 12.6. The maximum Gasteiger partial charge on any atom is 0.126 e. The van der Waals surface area contributed by atoms with Crippen molar-refractivity contribution in [1.29, 1.82) is 0 Å². The van der Waals surface area contributed by atoms with E-state index in [1.165, 1.54) is 17.2 Å². The van der Waals surface area contributed by atoms with Gasteiger partial charge in [-0.3, -0.25) is 0 Å². The number of halogens is 1. The quantitative estimate of drug-likeness (QED) is 0.628. The molecule has 0 aromatic heterocycles. The van der Waals surface area contributed by atoms with E-state index in [9.17, 15) is 4.39 Å². The highest BCUT2D eigenvalue weighted by Gasteiger charge is 1.95. The molecule has 0 aliphatic heterocycles. The highest BCUT2D eigenvalue weighted by molar-refractivity contribution is 5.23. The van der Waals surface area contributed by atoms with Crippen LogP contribution in [-0.4, -0.2) is 0 Å². The average Bonchev–Trinajstić information content (AvgIpc) is 2.35. The van der Waals surface area contributed by atoms with Gasteiger partial charge in [0.15, 0.2) is 0 Å². The van der Waals surface area contributed by atoms with Crippen LogP contribution in [0.2, 0.25) is 0 Å². The van der Waals surface area contributed by atoms with Gasteiger partial charge in [0.2, 0.25) is 0 Å². The normalized spacial score (nSPS) is 10.1. The first-order valence-corrected chi connectivity index (χ1v) is 6.69. The minimum atomic E-state index is -0.116. The van der Waals surface area contributed by atoms with Crippen molar-refractivity contribution in [3.63, 3.8) is 0 Å². The van der Waals surface area contributed by atoms with Gasteiger partial charge in [0.05, 0.1) is 0 Å². The van der Waals surface area contributed by atoms with E-state index < -0.39 is 0 Å². The molecular weight excluding hydrogens is 235 g/mol. The molecule has 102 valence electrons. The van der Waals surface area contributed by atoms with Crippen LogP contribution < -0.4 is 0 Å². The summed E-state index contributed by atoms with van der Waals surface area (Å²) < 4.78 is 12.6. The Morgan fingerprint density at radius 2 is 1.32 bits per heavy atom. The summed E-state index contributed by atoms with van der Waals surface area (Å²) in [5.41, 5.74) is 4.44. The molecule has 0 radical (unpaired) electrons. The van der Waals surface area contributed by atoms with Gasteiger partial charge in [-0.25, -0.2) is 4.39 Å². The first-order chi connectivity index (χ1) is 8.90. The van der Waals surface area contributed by atoms with Gasteiger partial charge < -0.3 is 0 Å². The zero-order valence-electron chi connectivity index (χ0n) is 12.5. The molecule has 0 atom stereocenters. The van der Waals surface area contributed by atoms with E-state index in [0.717, 1.165) is 5.56 Å². The molecule has 0 heterocycles. The van der Waals surface area contributed by atoms with Crippen molar-refractivity contribution in [2.75, 3.05) is 0 Å². The van der Waals surface area contributed by atoms with Gasteiger partial charge >= 0.3 is 0 Å². The fraction of sp³-hybridized carbons (Fsp3) is 0.333. The lowest BCUT2D eigenvalue weighted by Crippen LogP contribution is -1.85. The van der Waals surface area contributed by atoms with Crippen LogP contribution in [-0.2, 0) is 0 Å². The van der Waals surface area contributed by atoms with Gasteiger partial charge in [0.1, 0.15) is 5.82 Å². The molecule has 0 aliphatic rings. The van der Waals surface area contributed by atoms with Crippen LogP contribution in [0.1, 0.15) is 42.0 Å². The SMILES string of the molecule is Cc1ccc(C(C)C)cc1.Cc1ccc(C)c(F)c1. The van der Waals surface area contributed by atoms with Crippen molar-refractivity contribution < 1.29 is 4.39 Å². The minimum absolute atomic E-state index is 0.116. The third kappa shape index (κ3) is 5.25. The summed E-state index contributed by atoms with van der Waals surface area (Å²) in [7, 11) is 0. The van der Waals surface area contributed by atoms with Gasteiger partial charge in [-0.1, -0.05) is 55.8 Å². The second-order valence-electron chi connectivity index (χ2n) is 5.32. The Morgan fingerprint density at radius 3 is 1.74 bits per heavy atom. The van der Waals surface area contributed by atoms with Crippen LogP contribution in [0.3, 0.4) is 0 Å². The van der Waals surface area contributed by atoms with E-state index in [2.05, 4.69) is 45.0 Å². The molecule has 0 N–H and O–H groups in total. The summed E-state index contributed by atoms with van der Waals surface area (Å²) >= 11 is 0. The van der Waals surface area contributed by atoms with E-state index in [1.807, 2.05) is 13.0 Å². The van der Waals surface area contributed by atoms with Crippen LogP contribution in [0.25, 0.3) is 0 Å². The fourth-order valence-electron chi connectivity index (χ4n) is 1.65. The lowest BCUT2D eigenvalue weighted by atomic mass is 10.0. The van der Waals surface area contributed by atoms with Crippen molar-refractivity contribution >= 4 is 0 Å². The highest BCUT2D eigenvalue weighted by atomic mass is 19.1. The third-order valence-electron chi connectivity index (χ3n) is 3.07. The van der Waals surface area contributed by atoms with Crippen molar-refractivity contribution in [1.82, 2.24) is 0 Å². The number of aryl methyl sites for hydroxylation is 3. The number of hydrogen-bond donors (Lipinski definition) is 0. The summed E-state index contributed by atoms with van der Waals surface area (Å²) in [6, 6.07) is 13.9. The summed E-state index contributed by atoms with van der Waals surface area (Å²) in [5, 5.41) is 0. The van der Waals surface area contributed by atoms with E-state index in [4.69, 9.17) is 0 Å². The summed E-state index contributed by atoms with van der Waals surface area (Å²) in [5.74, 6) is 0.538. The highest BCUT2D eigenvalue weighted by Crippen LogP contribution is 2.13.